The number of aromatic nitrogens is 2. The fraction of sp³-hybridized carbons (Fsp3) is 0.0833. The number of aromatic amines is 1. The molecule has 4 heteroatoms. The van der Waals surface area contributed by atoms with Crippen molar-refractivity contribution in [3.63, 3.8) is 0 Å². The van der Waals surface area contributed by atoms with E-state index in [1.54, 1.807) is 0 Å². The summed E-state index contributed by atoms with van der Waals surface area (Å²) < 4.78 is 0. The van der Waals surface area contributed by atoms with Gasteiger partial charge < -0.3 is 10.3 Å². The first-order valence-electron chi connectivity index (χ1n) is 9.24. The normalized spacial score (nSPS) is 10.6. The average molecular weight is 367 g/mol. The van der Waals surface area contributed by atoms with E-state index in [0.717, 1.165) is 33.8 Å². The molecule has 0 bridgehead atoms. The summed E-state index contributed by atoms with van der Waals surface area (Å²) in [6, 6.07) is 25.7. The highest BCUT2D eigenvalue weighted by molar-refractivity contribution is 5.94. The summed E-state index contributed by atoms with van der Waals surface area (Å²) in [7, 11) is 0. The summed E-state index contributed by atoms with van der Waals surface area (Å²) in [5.41, 5.74) is 5.84. The first kappa shape index (κ1) is 17.7. The number of nitrogens with zero attached hydrogens (tertiary/aromatic N) is 1. The monoisotopic (exact) mass is 367 g/mol. The zero-order chi connectivity index (χ0) is 19.3. The molecule has 0 aliphatic heterocycles. The Labute approximate surface area is 164 Å². The Morgan fingerprint density at radius 3 is 2.54 bits per heavy atom. The van der Waals surface area contributed by atoms with Crippen LogP contribution in [-0.4, -0.2) is 15.9 Å². The third-order valence-corrected chi connectivity index (χ3v) is 4.59. The van der Waals surface area contributed by atoms with E-state index in [0.29, 0.717) is 12.1 Å². The maximum absolute atomic E-state index is 12.4. The van der Waals surface area contributed by atoms with E-state index in [2.05, 4.69) is 27.4 Å². The van der Waals surface area contributed by atoms with Gasteiger partial charge in [0.05, 0.1) is 11.9 Å². The highest BCUT2D eigenvalue weighted by atomic mass is 16.1. The number of imidazole rings is 1. The van der Waals surface area contributed by atoms with Gasteiger partial charge in [0.1, 0.15) is 5.82 Å². The van der Waals surface area contributed by atoms with E-state index in [1.807, 2.05) is 79.9 Å². The Kier molecular flexibility index (Phi) is 5.02. The molecule has 2 N–H and O–H groups in total. The Morgan fingerprint density at radius 2 is 1.71 bits per heavy atom. The second-order valence-corrected chi connectivity index (χ2v) is 6.76. The van der Waals surface area contributed by atoms with E-state index < -0.39 is 0 Å². The van der Waals surface area contributed by atoms with Crippen molar-refractivity contribution in [2.24, 2.45) is 0 Å². The molecular weight excluding hydrogens is 346 g/mol. The van der Waals surface area contributed by atoms with Gasteiger partial charge in [-0.1, -0.05) is 66.2 Å². The number of aryl methyl sites for hydroxylation is 1. The molecular formula is C24H21N3O. The van der Waals surface area contributed by atoms with Gasteiger partial charge in [-0.2, -0.15) is 0 Å². The number of benzene rings is 3. The van der Waals surface area contributed by atoms with Crippen molar-refractivity contribution in [1.82, 2.24) is 15.3 Å². The largest absolute Gasteiger partial charge is 0.348 e. The number of carbonyl (C=O) groups is 1. The quantitative estimate of drug-likeness (QED) is 0.522. The van der Waals surface area contributed by atoms with Gasteiger partial charge in [-0.25, -0.2) is 4.98 Å². The van der Waals surface area contributed by atoms with Crippen LogP contribution in [0.4, 0.5) is 0 Å². The number of amides is 1. The molecule has 4 nitrogen and oxygen atoms in total. The van der Waals surface area contributed by atoms with Gasteiger partial charge in [0.15, 0.2) is 0 Å². The van der Waals surface area contributed by atoms with Crippen molar-refractivity contribution in [1.29, 1.82) is 0 Å². The molecule has 0 unspecified atom stereocenters. The molecule has 0 fully saturated rings. The lowest BCUT2D eigenvalue weighted by Crippen LogP contribution is -2.22. The molecule has 4 aromatic rings. The van der Waals surface area contributed by atoms with E-state index in [4.69, 9.17) is 0 Å². The highest BCUT2D eigenvalue weighted by Gasteiger charge is 2.08. The van der Waals surface area contributed by atoms with Gasteiger partial charge in [-0.05, 0) is 36.2 Å². The van der Waals surface area contributed by atoms with Gasteiger partial charge in [-0.15, -0.1) is 0 Å². The number of H-pyrrole nitrogens is 1. The molecule has 0 saturated carbocycles. The smallest absolute Gasteiger partial charge is 0.251 e. The van der Waals surface area contributed by atoms with Crippen LogP contribution in [0.3, 0.4) is 0 Å². The second kappa shape index (κ2) is 7.92. The minimum absolute atomic E-state index is 0.0709. The molecule has 0 radical (unpaired) electrons. The molecule has 0 spiro atoms. The van der Waals surface area contributed by atoms with Crippen LogP contribution in [0, 0.1) is 6.92 Å². The Balaban J connectivity index is 1.48. The van der Waals surface area contributed by atoms with Crippen molar-refractivity contribution in [2.75, 3.05) is 0 Å². The molecule has 138 valence electrons. The first-order chi connectivity index (χ1) is 13.7. The van der Waals surface area contributed by atoms with E-state index >= 15 is 0 Å². The molecule has 4 rings (SSSR count). The number of nitrogens with one attached hydrogen (secondary N) is 2. The third-order valence-electron chi connectivity index (χ3n) is 4.59. The maximum Gasteiger partial charge on any atom is 0.251 e. The van der Waals surface area contributed by atoms with Gasteiger partial charge in [0.25, 0.3) is 5.91 Å². The van der Waals surface area contributed by atoms with Crippen LogP contribution >= 0.6 is 0 Å². The zero-order valence-corrected chi connectivity index (χ0v) is 15.6. The van der Waals surface area contributed by atoms with Crippen LogP contribution in [0.25, 0.3) is 22.6 Å². The van der Waals surface area contributed by atoms with Crippen molar-refractivity contribution in [3.05, 3.63) is 102 Å². The Bertz CT molecular complexity index is 1100. The number of hydrogen-bond acceptors (Lipinski definition) is 2. The van der Waals surface area contributed by atoms with E-state index in [-0.39, 0.29) is 5.91 Å². The van der Waals surface area contributed by atoms with Crippen LogP contribution < -0.4 is 5.32 Å². The van der Waals surface area contributed by atoms with Gasteiger partial charge >= 0.3 is 0 Å². The third kappa shape index (κ3) is 4.01. The van der Waals surface area contributed by atoms with Gasteiger partial charge in [0, 0.05) is 17.7 Å². The van der Waals surface area contributed by atoms with Crippen LogP contribution in [0.5, 0.6) is 0 Å². The van der Waals surface area contributed by atoms with E-state index in [9.17, 15) is 4.79 Å². The van der Waals surface area contributed by atoms with Crippen LogP contribution in [0.1, 0.15) is 21.5 Å². The summed E-state index contributed by atoms with van der Waals surface area (Å²) in [4.78, 5) is 20.2. The molecule has 1 heterocycles. The summed E-state index contributed by atoms with van der Waals surface area (Å²) in [6.45, 7) is 2.44. The predicted octanol–water partition coefficient (Wildman–Crippen LogP) is 4.98. The number of hydrogen-bond donors (Lipinski definition) is 2. The fourth-order valence-corrected chi connectivity index (χ4v) is 3.13. The molecule has 0 saturated heterocycles. The number of carbonyl (C=O) groups excluding carboxylic acids is 1. The summed E-state index contributed by atoms with van der Waals surface area (Å²) in [6.07, 6.45) is 1.84. The zero-order valence-electron chi connectivity index (χ0n) is 15.6. The average Bonchev–Trinajstić information content (AvgIpc) is 3.23. The maximum atomic E-state index is 12.4. The summed E-state index contributed by atoms with van der Waals surface area (Å²) >= 11 is 0. The topological polar surface area (TPSA) is 57.8 Å². The standard InChI is InChI=1S/C24H21N3O/c1-17-7-5-12-21(13-17)24(28)26-15-18-8-6-11-20(14-18)23-25-16-22(27-23)19-9-3-2-4-10-19/h2-14,16H,15H2,1H3,(H,25,27)(H,26,28). The van der Waals surface area contributed by atoms with Crippen LogP contribution in [0.15, 0.2) is 85.1 Å². The molecule has 0 atom stereocenters. The Morgan fingerprint density at radius 1 is 0.929 bits per heavy atom. The molecule has 0 aliphatic rings. The molecule has 1 aromatic heterocycles. The second-order valence-electron chi connectivity index (χ2n) is 6.76. The van der Waals surface area contributed by atoms with Gasteiger partial charge in [-0.3, -0.25) is 4.79 Å². The van der Waals surface area contributed by atoms with Crippen molar-refractivity contribution >= 4 is 5.91 Å². The summed E-state index contributed by atoms with van der Waals surface area (Å²) in [5.74, 6) is 0.740. The lowest BCUT2D eigenvalue weighted by Gasteiger charge is -2.07. The molecule has 3 aromatic carbocycles. The molecule has 28 heavy (non-hydrogen) atoms. The minimum atomic E-state index is -0.0709. The summed E-state index contributed by atoms with van der Waals surface area (Å²) in [5, 5.41) is 2.98. The fourth-order valence-electron chi connectivity index (χ4n) is 3.13. The first-order valence-corrected chi connectivity index (χ1v) is 9.24. The van der Waals surface area contributed by atoms with Crippen molar-refractivity contribution < 1.29 is 4.79 Å². The van der Waals surface area contributed by atoms with Crippen LogP contribution in [-0.2, 0) is 6.54 Å². The molecule has 0 aliphatic carbocycles. The van der Waals surface area contributed by atoms with Gasteiger partial charge in [0.2, 0.25) is 0 Å². The lowest BCUT2D eigenvalue weighted by atomic mass is 10.1. The van der Waals surface area contributed by atoms with Crippen LogP contribution in [0.2, 0.25) is 0 Å². The molecule has 1 amide bonds. The van der Waals surface area contributed by atoms with E-state index in [1.165, 1.54) is 0 Å². The lowest BCUT2D eigenvalue weighted by molar-refractivity contribution is 0.0951. The van der Waals surface area contributed by atoms with Crippen molar-refractivity contribution in [2.45, 2.75) is 13.5 Å². The Hall–Kier alpha value is -3.66. The van der Waals surface area contributed by atoms with Crippen molar-refractivity contribution in [3.8, 4) is 22.6 Å². The predicted molar refractivity (Wildman–Crippen MR) is 112 cm³/mol. The SMILES string of the molecule is Cc1cccc(C(=O)NCc2cccc(-c3ncc(-c4ccccc4)[nH]3)c2)c1. The highest BCUT2D eigenvalue weighted by Crippen LogP contribution is 2.22. The minimum Gasteiger partial charge on any atom is -0.348 e. The number of rotatable bonds is 5.